The number of rotatable bonds is 8. The number of carbonyl (C=O) groups is 4. The highest BCUT2D eigenvalue weighted by Crippen LogP contribution is 2.59. The van der Waals surface area contributed by atoms with Gasteiger partial charge in [-0.1, -0.05) is 79.4 Å². The Hall–Kier alpha value is -5.08. The van der Waals surface area contributed by atoms with Gasteiger partial charge in [-0.25, -0.2) is 0 Å². The molecule has 0 spiro atoms. The fraction of sp³-hybridized carbons (Fsp3) is 0.263. The molecule has 3 fully saturated rings. The molecule has 3 aromatic carbocycles. The number of amides is 4. The monoisotopic (exact) mass is 614 g/mol. The normalized spacial score (nSPS) is 26.8. The molecule has 2 saturated heterocycles. The summed E-state index contributed by atoms with van der Waals surface area (Å²) in [6.45, 7) is 7.45. The Morgan fingerprint density at radius 2 is 1.28 bits per heavy atom. The van der Waals surface area contributed by atoms with Crippen LogP contribution < -0.4 is 14.5 Å². The van der Waals surface area contributed by atoms with Crippen LogP contribution in [0.15, 0.2) is 97.6 Å². The SMILES string of the molecule is C=Cc1ccc(N2C(=O)[C@H]3[C@H](CC=C4[C@H]3C[C@H]3C(=O)N(c5ccc(C=C)cc5)C(=O)[C@H]3[C@H]4c3ccccc3OCCO)C2=O)cc1. The molecule has 4 amide bonds. The largest absolute Gasteiger partial charge is 0.491 e. The number of ether oxygens (including phenoxy) is 1. The number of carbonyl (C=O) groups excluding carboxylic acids is 4. The first-order valence-electron chi connectivity index (χ1n) is 15.6. The van der Waals surface area contributed by atoms with Gasteiger partial charge in [0.2, 0.25) is 23.6 Å². The molecule has 0 aromatic heterocycles. The maximum Gasteiger partial charge on any atom is 0.238 e. The molecule has 8 heteroatoms. The molecular formula is C38H34N2O6. The lowest BCUT2D eigenvalue weighted by molar-refractivity contribution is -0.126. The second-order valence-corrected chi connectivity index (χ2v) is 12.2. The number of hydrogen-bond acceptors (Lipinski definition) is 6. The van der Waals surface area contributed by atoms with E-state index in [9.17, 15) is 24.3 Å². The number of benzene rings is 3. The van der Waals surface area contributed by atoms with Crippen molar-refractivity contribution in [3.8, 4) is 5.75 Å². The summed E-state index contributed by atoms with van der Waals surface area (Å²) >= 11 is 0. The molecule has 0 unspecified atom stereocenters. The lowest BCUT2D eigenvalue weighted by atomic mass is 9.57. The van der Waals surface area contributed by atoms with E-state index < -0.39 is 35.5 Å². The van der Waals surface area contributed by atoms with Crippen LogP contribution in [0, 0.1) is 29.6 Å². The predicted molar refractivity (Wildman–Crippen MR) is 175 cm³/mol. The molecule has 4 aliphatic rings. The highest BCUT2D eigenvalue weighted by molar-refractivity contribution is 6.24. The average molecular weight is 615 g/mol. The molecule has 2 aliphatic carbocycles. The Bertz CT molecular complexity index is 1790. The fourth-order valence-electron chi connectivity index (χ4n) is 7.99. The van der Waals surface area contributed by atoms with Crippen LogP contribution in [0.3, 0.4) is 0 Å². The maximum absolute atomic E-state index is 14.4. The van der Waals surface area contributed by atoms with Gasteiger partial charge in [0.25, 0.3) is 0 Å². The van der Waals surface area contributed by atoms with Gasteiger partial charge in [0, 0.05) is 11.5 Å². The van der Waals surface area contributed by atoms with Gasteiger partial charge in [-0.3, -0.25) is 29.0 Å². The van der Waals surface area contributed by atoms with Crippen LogP contribution in [0.4, 0.5) is 11.4 Å². The van der Waals surface area contributed by atoms with Gasteiger partial charge in [-0.15, -0.1) is 0 Å². The average Bonchev–Trinajstić information content (AvgIpc) is 3.50. The number of para-hydroxylation sites is 1. The van der Waals surface area contributed by atoms with E-state index in [-0.39, 0.29) is 43.3 Å². The molecule has 232 valence electrons. The Balaban J connectivity index is 1.33. The van der Waals surface area contributed by atoms with E-state index in [4.69, 9.17) is 4.74 Å². The number of aliphatic hydroxyl groups is 1. The zero-order chi connectivity index (χ0) is 32.1. The minimum Gasteiger partial charge on any atom is -0.491 e. The smallest absolute Gasteiger partial charge is 0.238 e. The minimum absolute atomic E-state index is 0.0618. The lowest BCUT2D eigenvalue weighted by Crippen LogP contribution is -2.43. The Labute approximate surface area is 267 Å². The zero-order valence-corrected chi connectivity index (χ0v) is 25.2. The molecule has 1 saturated carbocycles. The van der Waals surface area contributed by atoms with Gasteiger partial charge in [0.05, 0.1) is 41.7 Å². The summed E-state index contributed by atoms with van der Waals surface area (Å²) in [4.78, 5) is 59.2. The van der Waals surface area contributed by atoms with Crippen LogP contribution in [-0.4, -0.2) is 41.9 Å². The molecule has 46 heavy (non-hydrogen) atoms. The van der Waals surface area contributed by atoms with Crippen molar-refractivity contribution in [1.29, 1.82) is 0 Å². The van der Waals surface area contributed by atoms with Crippen molar-refractivity contribution in [3.63, 3.8) is 0 Å². The number of aliphatic hydroxyl groups excluding tert-OH is 1. The number of allylic oxidation sites excluding steroid dienone is 2. The lowest BCUT2D eigenvalue weighted by Gasteiger charge is -2.44. The first kappa shape index (κ1) is 29.6. The van der Waals surface area contributed by atoms with Crippen LogP contribution in [0.25, 0.3) is 12.2 Å². The van der Waals surface area contributed by atoms with Gasteiger partial charge >= 0.3 is 0 Å². The van der Waals surface area contributed by atoms with Gasteiger partial charge < -0.3 is 9.84 Å². The number of anilines is 2. The van der Waals surface area contributed by atoms with Gasteiger partial charge in [0.1, 0.15) is 12.4 Å². The summed E-state index contributed by atoms with van der Waals surface area (Å²) in [7, 11) is 0. The van der Waals surface area contributed by atoms with Crippen molar-refractivity contribution >= 4 is 47.2 Å². The van der Waals surface area contributed by atoms with E-state index in [0.29, 0.717) is 23.5 Å². The molecule has 0 bridgehead atoms. The summed E-state index contributed by atoms with van der Waals surface area (Å²) in [5.41, 5.74) is 4.33. The van der Waals surface area contributed by atoms with E-state index in [0.717, 1.165) is 22.3 Å². The van der Waals surface area contributed by atoms with Crippen molar-refractivity contribution in [2.45, 2.75) is 18.8 Å². The predicted octanol–water partition coefficient (Wildman–Crippen LogP) is 5.39. The first-order chi connectivity index (χ1) is 22.4. The number of hydrogen-bond donors (Lipinski definition) is 1. The summed E-state index contributed by atoms with van der Waals surface area (Å²) in [5, 5.41) is 9.52. The van der Waals surface area contributed by atoms with E-state index in [1.807, 2.05) is 48.5 Å². The highest BCUT2D eigenvalue weighted by Gasteiger charge is 2.62. The molecular weight excluding hydrogens is 580 g/mol. The molecule has 7 rings (SSSR count). The molecule has 3 aromatic rings. The fourth-order valence-corrected chi connectivity index (χ4v) is 7.99. The van der Waals surface area contributed by atoms with Crippen LogP contribution in [0.2, 0.25) is 0 Å². The van der Waals surface area contributed by atoms with Gasteiger partial charge in [-0.05, 0) is 60.2 Å². The van der Waals surface area contributed by atoms with Crippen molar-refractivity contribution in [1.82, 2.24) is 0 Å². The Morgan fingerprint density at radius 3 is 1.87 bits per heavy atom. The molecule has 2 heterocycles. The molecule has 8 nitrogen and oxygen atoms in total. The summed E-state index contributed by atoms with van der Waals surface area (Å²) in [6.07, 6.45) is 6.04. The van der Waals surface area contributed by atoms with Gasteiger partial charge in [0.15, 0.2) is 0 Å². The van der Waals surface area contributed by atoms with Gasteiger partial charge in [-0.2, -0.15) is 0 Å². The molecule has 6 atom stereocenters. The third kappa shape index (κ3) is 4.55. The summed E-state index contributed by atoms with van der Waals surface area (Å²) < 4.78 is 5.95. The van der Waals surface area contributed by atoms with Crippen molar-refractivity contribution in [2.24, 2.45) is 29.6 Å². The maximum atomic E-state index is 14.4. The second kappa shape index (κ2) is 11.7. The number of nitrogens with zero attached hydrogens (tertiary/aromatic N) is 2. The first-order valence-corrected chi connectivity index (χ1v) is 15.6. The van der Waals surface area contributed by atoms with E-state index in [1.54, 1.807) is 42.5 Å². The summed E-state index contributed by atoms with van der Waals surface area (Å²) in [6, 6.07) is 21.6. The van der Waals surface area contributed by atoms with E-state index in [2.05, 4.69) is 13.2 Å². The Kier molecular flexibility index (Phi) is 7.53. The zero-order valence-electron chi connectivity index (χ0n) is 25.2. The molecule has 1 N–H and O–H groups in total. The third-order valence-electron chi connectivity index (χ3n) is 10.0. The third-order valence-corrected chi connectivity index (χ3v) is 10.0. The minimum atomic E-state index is -0.723. The van der Waals surface area contributed by atoms with E-state index in [1.165, 1.54) is 9.80 Å². The second-order valence-electron chi connectivity index (χ2n) is 12.2. The van der Waals surface area contributed by atoms with Crippen LogP contribution in [0.5, 0.6) is 5.75 Å². The van der Waals surface area contributed by atoms with Crippen molar-refractivity contribution in [3.05, 3.63) is 114 Å². The van der Waals surface area contributed by atoms with Crippen molar-refractivity contribution in [2.75, 3.05) is 23.0 Å². The topological polar surface area (TPSA) is 104 Å². The summed E-state index contributed by atoms with van der Waals surface area (Å²) in [5.74, 6) is -4.27. The molecule has 2 aliphatic heterocycles. The standard InChI is InChI=1S/C38H34N2O6/c1-3-22-9-13-24(14-10-22)39-35(42)28-18-17-26-29(33(28)37(39)44)21-30-34(32(26)27-7-5-6-8-31(27)46-20-19-41)38(45)40(36(30)43)25-15-11-23(4-2)12-16-25/h3-17,28-30,32-34,41H,1-2,18-21H2/t28-,29+,30+,32+,33-,34+/m0/s1. The number of fused-ring (bicyclic) bond motifs is 4. The van der Waals surface area contributed by atoms with Crippen LogP contribution in [-0.2, 0) is 19.2 Å². The van der Waals surface area contributed by atoms with Crippen LogP contribution >= 0.6 is 0 Å². The molecule has 0 radical (unpaired) electrons. The van der Waals surface area contributed by atoms with Crippen LogP contribution in [0.1, 0.15) is 35.4 Å². The Morgan fingerprint density at radius 1 is 0.717 bits per heavy atom. The highest BCUT2D eigenvalue weighted by atomic mass is 16.5. The van der Waals surface area contributed by atoms with Crippen molar-refractivity contribution < 1.29 is 29.0 Å². The van der Waals surface area contributed by atoms with E-state index >= 15 is 0 Å². The number of imide groups is 2. The quantitative estimate of drug-likeness (QED) is 0.270.